The SMILES string of the molecule is CN=C(NCC(C)c1ccc(F)cc1F)NC(C)C(C)C. The summed E-state index contributed by atoms with van der Waals surface area (Å²) in [4.78, 5) is 4.15. The second-order valence-electron chi connectivity index (χ2n) is 5.70. The van der Waals surface area contributed by atoms with E-state index >= 15 is 0 Å². The lowest BCUT2D eigenvalue weighted by molar-refractivity contribution is 0.479. The Balaban J connectivity index is 2.60. The summed E-state index contributed by atoms with van der Waals surface area (Å²) in [5.41, 5.74) is 0.497. The van der Waals surface area contributed by atoms with Crippen molar-refractivity contribution in [1.29, 1.82) is 0 Å². The highest BCUT2D eigenvalue weighted by Crippen LogP contribution is 2.19. The van der Waals surface area contributed by atoms with Gasteiger partial charge in [-0.2, -0.15) is 0 Å². The van der Waals surface area contributed by atoms with Crippen molar-refractivity contribution in [1.82, 2.24) is 10.6 Å². The van der Waals surface area contributed by atoms with Gasteiger partial charge in [0.05, 0.1) is 0 Å². The lowest BCUT2D eigenvalue weighted by Gasteiger charge is -2.22. The van der Waals surface area contributed by atoms with Crippen molar-refractivity contribution in [2.45, 2.75) is 39.7 Å². The summed E-state index contributed by atoms with van der Waals surface area (Å²) in [6, 6.07) is 3.97. The normalized spacial score (nSPS) is 15.0. The van der Waals surface area contributed by atoms with E-state index in [1.54, 1.807) is 7.05 Å². The van der Waals surface area contributed by atoms with E-state index < -0.39 is 11.6 Å². The molecule has 5 heteroatoms. The fraction of sp³-hybridized carbons (Fsp3) is 0.562. The van der Waals surface area contributed by atoms with Gasteiger partial charge in [0.15, 0.2) is 5.96 Å². The molecule has 2 N–H and O–H groups in total. The molecule has 2 unspecified atom stereocenters. The van der Waals surface area contributed by atoms with Gasteiger partial charge in [-0.3, -0.25) is 4.99 Å². The summed E-state index contributed by atoms with van der Waals surface area (Å²) < 4.78 is 26.6. The number of halogens is 2. The van der Waals surface area contributed by atoms with Crippen molar-refractivity contribution in [3.63, 3.8) is 0 Å². The Morgan fingerprint density at radius 2 is 1.86 bits per heavy atom. The van der Waals surface area contributed by atoms with Crippen LogP contribution in [0.3, 0.4) is 0 Å². The topological polar surface area (TPSA) is 36.4 Å². The average molecular weight is 297 g/mol. The largest absolute Gasteiger partial charge is 0.356 e. The Morgan fingerprint density at radius 1 is 1.19 bits per heavy atom. The summed E-state index contributed by atoms with van der Waals surface area (Å²) in [5.74, 6) is 0.0158. The molecule has 0 amide bonds. The van der Waals surface area contributed by atoms with Gasteiger partial charge in [0, 0.05) is 31.6 Å². The first-order valence-corrected chi connectivity index (χ1v) is 7.27. The third kappa shape index (κ3) is 5.33. The van der Waals surface area contributed by atoms with Crippen molar-refractivity contribution in [3.8, 4) is 0 Å². The van der Waals surface area contributed by atoms with E-state index in [9.17, 15) is 8.78 Å². The third-order valence-electron chi connectivity index (χ3n) is 3.66. The maximum Gasteiger partial charge on any atom is 0.191 e. The zero-order valence-electron chi connectivity index (χ0n) is 13.4. The predicted molar refractivity (Wildman–Crippen MR) is 83.6 cm³/mol. The van der Waals surface area contributed by atoms with Crippen LogP contribution >= 0.6 is 0 Å². The van der Waals surface area contributed by atoms with Gasteiger partial charge in [-0.1, -0.05) is 26.8 Å². The molecule has 0 saturated carbocycles. The Labute approximate surface area is 125 Å². The van der Waals surface area contributed by atoms with E-state index in [0.717, 1.165) is 6.07 Å². The maximum atomic E-state index is 13.7. The molecule has 0 spiro atoms. The first kappa shape index (κ1) is 17.4. The van der Waals surface area contributed by atoms with E-state index in [1.807, 2.05) is 6.92 Å². The molecule has 0 aliphatic rings. The number of benzene rings is 1. The van der Waals surface area contributed by atoms with E-state index in [-0.39, 0.29) is 12.0 Å². The average Bonchev–Trinajstić information content (AvgIpc) is 2.42. The van der Waals surface area contributed by atoms with Gasteiger partial charge < -0.3 is 10.6 Å². The number of guanidine groups is 1. The van der Waals surface area contributed by atoms with Gasteiger partial charge >= 0.3 is 0 Å². The number of nitrogens with zero attached hydrogens (tertiary/aromatic N) is 1. The summed E-state index contributed by atoms with van der Waals surface area (Å²) in [6.07, 6.45) is 0. The van der Waals surface area contributed by atoms with E-state index in [4.69, 9.17) is 0 Å². The Morgan fingerprint density at radius 3 is 2.38 bits per heavy atom. The van der Waals surface area contributed by atoms with Gasteiger partial charge in [0.1, 0.15) is 11.6 Å². The van der Waals surface area contributed by atoms with Gasteiger partial charge in [-0.05, 0) is 24.5 Å². The van der Waals surface area contributed by atoms with Crippen molar-refractivity contribution in [3.05, 3.63) is 35.4 Å². The van der Waals surface area contributed by atoms with Crippen molar-refractivity contribution >= 4 is 5.96 Å². The third-order valence-corrected chi connectivity index (χ3v) is 3.66. The van der Waals surface area contributed by atoms with Crippen LogP contribution in [0.4, 0.5) is 8.78 Å². The standard InChI is InChI=1S/C16H25F2N3/c1-10(2)12(4)21-16(19-5)20-9-11(3)14-7-6-13(17)8-15(14)18/h6-8,10-12H,9H2,1-5H3,(H2,19,20,21). The molecule has 1 aromatic carbocycles. The van der Waals surface area contributed by atoms with Crippen LogP contribution in [-0.4, -0.2) is 25.6 Å². The summed E-state index contributed by atoms with van der Waals surface area (Å²) in [7, 11) is 1.70. The molecule has 0 saturated heterocycles. The molecule has 2 atom stereocenters. The molecule has 118 valence electrons. The first-order chi connectivity index (χ1) is 9.85. The minimum Gasteiger partial charge on any atom is -0.356 e. The smallest absolute Gasteiger partial charge is 0.191 e. The molecule has 1 aromatic rings. The van der Waals surface area contributed by atoms with Crippen LogP contribution in [0, 0.1) is 17.6 Å². The molecule has 0 radical (unpaired) electrons. The molecule has 0 aliphatic heterocycles. The van der Waals surface area contributed by atoms with Gasteiger partial charge in [-0.25, -0.2) is 8.78 Å². The minimum absolute atomic E-state index is 0.0847. The van der Waals surface area contributed by atoms with Crippen molar-refractivity contribution in [2.75, 3.05) is 13.6 Å². The fourth-order valence-corrected chi connectivity index (χ4v) is 1.84. The van der Waals surface area contributed by atoms with E-state index in [1.165, 1.54) is 12.1 Å². The lowest BCUT2D eigenvalue weighted by Crippen LogP contribution is -2.45. The summed E-state index contributed by atoms with van der Waals surface area (Å²) in [6.45, 7) is 8.75. The highest BCUT2D eigenvalue weighted by molar-refractivity contribution is 5.80. The summed E-state index contributed by atoms with van der Waals surface area (Å²) in [5, 5.41) is 6.46. The van der Waals surface area contributed by atoms with Gasteiger partial charge in [0.25, 0.3) is 0 Å². The monoisotopic (exact) mass is 297 g/mol. The van der Waals surface area contributed by atoms with Crippen LogP contribution in [0.2, 0.25) is 0 Å². The van der Waals surface area contributed by atoms with Crippen LogP contribution in [0.1, 0.15) is 39.2 Å². The molecular weight excluding hydrogens is 272 g/mol. The molecular formula is C16H25F2N3. The van der Waals surface area contributed by atoms with E-state index in [2.05, 4.69) is 36.4 Å². The second-order valence-corrected chi connectivity index (χ2v) is 5.70. The minimum atomic E-state index is -0.556. The van der Waals surface area contributed by atoms with Gasteiger partial charge in [0.2, 0.25) is 0 Å². The highest BCUT2D eigenvalue weighted by atomic mass is 19.1. The molecule has 0 heterocycles. The number of hydrogen-bond donors (Lipinski definition) is 2. The predicted octanol–water partition coefficient (Wildman–Crippen LogP) is 3.28. The molecule has 3 nitrogen and oxygen atoms in total. The molecule has 0 bridgehead atoms. The maximum absolute atomic E-state index is 13.7. The summed E-state index contributed by atoms with van der Waals surface area (Å²) >= 11 is 0. The van der Waals surface area contributed by atoms with E-state index in [0.29, 0.717) is 24.0 Å². The number of rotatable bonds is 5. The van der Waals surface area contributed by atoms with Crippen molar-refractivity contribution < 1.29 is 8.78 Å². The quantitative estimate of drug-likeness (QED) is 0.646. The second kappa shape index (κ2) is 7.96. The zero-order valence-corrected chi connectivity index (χ0v) is 13.4. The number of aliphatic imine (C=N–C) groups is 1. The molecule has 21 heavy (non-hydrogen) atoms. The number of nitrogens with one attached hydrogen (secondary N) is 2. The molecule has 1 rings (SSSR count). The first-order valence-electron chi connectivity index (χ1n) is 7.27. The molecule has 0 fully saturated rings. The van der Waals surface area contributed by atoms with Crippen LogP contribution in [0.25, 0.3) is 0 Å². The van der Waals surface area contributed by atoms with Crippen LogP contribution in [-0.2, 0) is 0 Å². The highest BCUT2D eigenvalue weighted by Gasteiger charge is 2.13. The van der Waals surface area contributed by atoms with Crippen molar-refractivity contribution in [2.24, 2.45) is 10.9 Å². The fourth-order valence-electron chi connectivity index (χ4n) is 1.84. The van der Waals surface area contributed by atoms with Crippen LogP contribution in [0.5, 0.6) is 0 Å². The Kier molecular flexibility index (Phi) is 6.59. The Bertz CT molecular complexity index is 486. The van der Waals surface area contributed by atoms with Gasteiger partial charge in [-0.15, -0.1) is 0 Å². The van der Waals surface area contributed by atoms with Crippen LogP contribution < -0.4 is 10.6 Å². The number of hydrogen-bond acceptors (Lipinski definition) is 1. The Hall–Kier alpha value is -1.65. The molecule has 0 aromatic heterocycles. The lowest BCUT2D eigenvalue weighted by atomic mass is 10.0. The molecule has 0 aliphatic carbocycles. The van der Waals surface area contributed by atoms with Crippen LogP contribution in [0.15, 0.2) is 23.2 Å². The zero-order chi connectivity index (χ0) is 16.0.